The van der Waals surface area contributed by atoms with Gasteiger partial charge in [-0.15, -0.1) is 0 Å². The molecule has 7 heteroatoms. The second kappa shape index (κ2) is 8.34. The van der Waals surface area contributed by atoms with Gasteiger partial charge in [-0.3, -0.25) is 9.69 Å². The van der Waals surface area contributed by atoms with E-state index in [1.165, 1.54) is 0 Å². The van der Waals surface area contributed by atoms with Crippen molar-refractivity contribution in [2.75, 3.05) is 32.8 Å². The van der Waals surface area contributed by atoms with E-state index in [0.717, 1.165) is 32.1 Å². The SMILES string of the molecule is CCOC(=O)N1CCN(C(C)C(=O)NC2(C#N)CCCCC2)CC1. The summed E-state index contributed by atoms with van der Waals surface area (Å²) in [6, 6.07) is 2.02. The van der Waals surface area contributed by atoms with E-state index in [1.807, 2.05) is 6.92 Å². The zero-order valence-electron chi connectivity index (χ0n) is 14.7. The van der Waals surface area contributed by atoms with Crippen molar-refractivity contribution < 1.29 is 14.3 Å². The van der Waals surface area contributed by atoms with E-state index in [9.17, 15) is 14.9 Å². The number of hydrogen-bond donors (Lipinski definition) is 1. The summed E-state index contributed by atoms with van der Waals surface area (Å²) >= 11 is 0. The summed E-state index contributed by atoms with van der Waals surface area (Å²) in [6.07, 6.45) is 4.28. The molecule has 2 aliphatic rings. The van der Waals surface area contributed by atoms with Crippen molar-refractivity contribution in [2.45, 2.75) is 57.5 Å². The van der Waals surface area contributed by atoms with Crippen LogP contribution in [-0.2, 0) is 9.53 Å². The lowest BCUT2D eigenvalue weighted by Crippen LogP contribution is -2.58. The normalized spacial score (nSPS) is 22.3. The summed E-state index contributed by atoms with van der Waals surface area (Å²) in [5, 5.41) is 12.5. The summed E-state index contributed by atoms with van der Waals surface area (Å²) in [5.41, 5.74) is -0.698. The van der Waals surface area contributed by atoms with Crippen LogP contribution in [0.3, 0.4) is 0 Å². The van der Waals surface area contributed by atoms with Crippen molar-refractivity contribution >= 4 is 12.0 Å². The van der Waals surface area contributed by atoms with Crippen LogP contribution in [-0.4, -0.2) is 66.2 Å². The van der Waals surface area contributed by atoms with Crippen LogP contribution in [0.25, 0.3) is 0 Å². The lowest BCUT2D eigenvalue weighted by atomic mass is 9.82. The monoisotopic (exact) mass is 336 g/mol. The third kappa shape index (κ3) is 4.38. The maximum Gasteiger partial charge on any atom is 0.409 e. The van der Waals surface area contributed by atoms with Gasteiger partial charge < -0.3 is 15.0 Å². The van der Waals surface area contributed by atoms with Gasteiger partial charge in [0.05, 0.1) is 18.7 Å². The first kappa shape index (κ1) is 18.5. The average molecular weight is 336 g/mol. The van der Waals surface area contributed by atoms with Gasteiger partial charge in [0.15, 0.2) is 0 Å². The van der Waals surface area contributed by atoms with Crippen molar-refractivity contribution in [3.8, 4) is 6.07 Å². The van der Waals surface area contributed by atoms with E-state index >= 15 is 0 Å². The van der Waals surface area contributed by atoms with Crippen molar-refractivity contribution in [3.05, 3.63) is 0 Å². The number of ether oxygens (including phenoxy) is 1. The number of nitrogens with one attached hydrogen (secondary N) is 1. The van der Waals surface area contributed by atoms with Crippen molar-refractivity contribution in [2.24, 2.45) is 0 Å². The Morgan fingerprint density at radius 3 is 2.38 bits per heavy atom. The molecule has 0 bridgehead atoms. The highest BCUT2D eigenvalue weighted by atomic mass is 16.6. The smallest absolute Gasteiger partial charge is 0.409 e. The van der Waals surface area contributed by atoms with E-state index in [0.29, 0.717) is 32.8 Å². The fraction of sp³-hybridized carbons (Fsp3) is 0.824. The van der Waals surface area contributed by atoms with Gasteiger partial charge in [-0.05, 0) is 26.7 Å². The van der Waals surface area contributed by atoms with Crippen molar-refractivity contribution in [3.63, 3.8) is 0 Å². The van der Waals surface area contributed by atoms with Crippen LogP contribution < -0.4 is 5.32 Å². The topological polar surface area (TPSA) is 85.7 Å². The van der Waals surface area contributed by atoms with Gasteiger partial charge in [0.1, 0.15) is 5.54 Å². The summed E-state index contributed by atoms with van der Waals surface area (Å²) in [7, 11) is 0. The van der Waals surface area contributed by atoms with E-state index in [2.05, 4.69) is 16.3 Å². The molecule has 24 heavy (non-hydrogen) atoms. The summed E-state index contributed by atoms with van der Waals surface area (Å²) in [5.74, 6) is -0.0944. The molecule has 1 unspecified atom stereocenters. The number of nitrogens with zero attached hydrogens (tertiary/aromatic N) is 3. The Bertz CT molecular complexity index is 489. The number of hydrogen-bond acceptors (Lipinski definition) is 5. The Morgan fingerprint density at radius 2 is 1.83 bits per heavy atom. The minimum Gasteiger partial charge on any atom is -0.450 e. The number of nitriles is 1. The maximum absolute atomic E-state index is 12.6. The number of carbonyl (C=O) groups excluding carboxylic acids is 2. The van der Waals surface area contributed by atoms with E-state index in [4.69, 9.17) is 4.74 Å². The van der Waals surface area contributed by atoms with Crippen LogP contribution in [0.4, 0.5) is 4.79 Å². The summed E-state index contributed by atoms with van der Waals surface area (Å²) in [6.45, 7) is 6.40. The summed E-state index contributed by atoms with van der Waals surface area (Å²) in [4.78, 5) is 28.0. The molecule has 0 aromatic rings. The Labute approximate surface area is 143 Å². The minimum atomic E-state index is -0.698. The quantitative estimate of drug-likeness (QED) is 0.841. The molecule has 1 aliphatic carbocycles. The molecule has 1 N–H and O–H groups in total. The molecule has 1 saturated carbocycles. The first-order valence-corrected chi connectivity index (χ1v) is 8.90. The lowest BCUT2D eigenvalue weighted by molar-refractivity contribution is -0.128. The fourth-order valence-corrected chi connectivity index (χ4v) is 3.43. The summed E-state index contributed by atoms with van der Waals surface area (Å²) < 4.78 is 5.01. The van der Waals surface area contributed by atoms with Crippen LogP contribution in [0.2, 0.25) is 0 Å². The molecule has 0 aromatic carbocycles. The van der Waals surface area contributed by atoms with Crippen LogP contribution >= 0.6 is 0 Å². The molecule has 0 spiro atoms. The van der Waals surface area contributed by atoms with E-state index in [-0.39, 0.29) is 18.0 Å². The first-order chi connectivity index (χ1) is 11.5. The van der Waals surface area contributed by atoms with E-state index < -0.39 is 5.54 Å². The molecular formula is C17H28N4O3. The van der Waals surface area contributed by atoms with Crippen LogP contribution in [0.1, 0.15) is 46.0 Å². The average Bonchev–Trinajstić information content (AvgIpc) is 2.62. The molecular weight excluding hydrogens is 308 g/mol. The van der Waals surface area contributed by atoms with Crippen molar-refractivity contribution in [1.29, 1.82) is 5.26 Å². The predicted molar refractivity (Wildman–Crippen MR) is 89.2 cm³/mol. The molecule has 2 amide bonds. The number of amides is 2. The van der Waals surface area contributed by atoms with Crippen LogP contribution in [0.5, 0.6) is 0 Å². The van der Waals surface area contributed by atoms with Crippen LogP contribution in [0, 0.1) is 11.3 Å². The third-order valence-electron chi connectivity index (χ3n) is 5.05. The van der Waals surface area contributed by atoms with Gasteiger partial charge in [0.25, 0.3) is 0 Å². The lowest BCUT2D eigenvalue weighted by Gasteiger charge is -2.38. The van der Waals surface area contributed by atoms with Gasteiger partial charge in [-0.2, -0.15) is 5.26 Å². The van der Waals surface area contributed by atoms with Gasteiger partial charge in [-0.1, -0.05) is 19.3 Å². The Hall–Kier alpha value is -1.81. The van der Waals surface area contributed by atoms with Gasteiger partial charge in [0.2, 0.25) is 5.91 Å². The van der Waals surface area contributed by atoms with E-state index in [1.54, 1.807) is 11.8 Å². The molecule has 1 aliphatic heterocycles. The molecule has 2 rings (SSSR count). The molecule has 0 aromatic heterocycles. The molecule has 0 radical (unpaired) electrons. The highest BCUT2D eigenvalue weighted by Crippen LogP contribution is 2.27. The largest absolute Gasteiger partial charge is 0.450 e. The highest BCUT2D eigenvalue weighted by molar-refractivity contribution is 5.82. The molecule has 7 nitrogen and oxygen atoms in total. The van der Waals surface area contributed by atoms with Crippen molar-refractivity contribution in [1.82, 2.24) is 15.1 Å². The zero-order valence-corrected chi connectivity index (χ0v) is 14.7. The number of piperazine rings is 1. The third-order valence-corrected chi connectivity index (χ3v) is 5.05. The predicted octanol–water partition coefficient (Wildman–Crippen LogP) is 1.49. The Balaban J connectivity index is 1.86. The fourth-order valence-electron chi connectivity index (χ4n) is 3.43. The molecule has 134 valence electrons. The van der Waals surface area contributed by atoms with Crippen LogP contribution in [0.15, 0.2) is 0 Å². The Morgan fingerprint density at radius 1 is 1.21 bits per heavy atom. The molecule has 1 heterocycles. The minimum absolute atomic E-state index is 0.0944. The zero-order chi connectivity index (χ0) is 17.6. The van der Waals surface area contributed by atoms with Gasteiger partial charge >= 0.3 is 6.09 Å². The van der Waals surface area contributed by atoms with Gasteiger partial charge in [-0.25, -0.2) is 4.79 Å². The maximum atomic E-state index is 12.6. The molecule has 1 atom stereocenters. The molecule has 2 fully saturated rings. The van der Waals surface area contributed by atoms with Gasteiger partial charge in [0, 0.05) is 26.2 Å². The number of carbonyl (C=O) groups is 2. The second-order valence-corrected chi connectivity index (χ2v) is 6.64. The second-order valence-electron chi connectivity index (χ2n) is 6.64. The molecule has 1 saturated heterocycles. The first-order valence-electron chi connectivity index (χ1n) is 8.90. The Kier molecular flexibility index (Phi) is 6.44. The number of rotatable bonds is 4. The highest BCUT2D eigenvalue weighted by Gasteiger charge is 2.36. The standard InChI is InChI=1S/C17H28N4O3/c1-3-24-16(23)21-11-9-20(10-12-21)14(2)15(22)19-17(13-18)7-5-4-6-8-17/h14H,3-12H2,1-2H3,(H,19,22).